The van der Waals surface area contributed by atoms with Crippen molar-refractivity contribution >= 4 is 22.6 Å². The summed E-state index contributed by atoms with van der Waals surface area (Å²) in [6, 6.07) is 10.1. The number of ether oxygens (including phenoxy) is 2. The lowest BCUT2D eigenvalue weighted by Gasteiger charge is -2.09. The number of aromatic nitrogens is 1. The molecule has 3 aromatic rings. The quantitative estimate of drug-likeness (QED) is 0.398. The minimum atomic E-state index is -0.475. The number of non-ortho nitro benzene ring substituents is 1. The van der Waals surface area contributed by atoms with Gasteiger partial charge < -0.3 is 14.0 Å². The van der Waals surface area contributed by atoms with Crippen LogP contribution in [0.4, 0.5) is 5.69 Å². The Morgan fingerprint density at radius 2 is 1.96 bits per heavy atom. The van der Waals surface area contributed by atoms with Crippen molar-refractivity contribution in [1.82, 2.24) is 4.57 Å². The first-order valence-corrected chi connectivity index (χ1v) is 7.92. The van der Waals surface area contributed by atoms with E-state index in [1.54, 1.807) is 24.3 Å². The van der Waals surface area contributed by atoms with Crippen molar-refractivity contribution in [1.29, 1.82) is 0 Å². The van der Waals surface area contributed by atoms with Crippen LogP contribution in [-0.4, -0.2) is 29.7 Å². The number of carbonyl (C=O) groups excluding carboxylic acids is 1. The van der Waals surface area contributed by atoms with Gasteiger partial charge in [0.1, 0.15) is 11.3 Å². The first-order valence-electron chi connectivity index (χ1n) is 7.92. The maximum Gasteiger partial charge on any atom is 0.341 e. The number of methoxy groups -OCH3 is 2. The topological polar surface area (TPSA) is 83.6 Å². The van der Waals surface area contributed by atoms with Crippen molar-refractivity contribution in [2.75, 3.05) is 14.2 Å². The van der Waals surface area contributed by atoms with Gasteiger partial charge in [-0.15, -0.1) is 0 Å². The van der Waals surface area contributed by atoms with E-state index in [1.807, 2.05) is 23.9 Å². The first kappa shape index (κ1) is 17.5. The number of hydrogen-bond acceptors (Lipinski definition) is 5. The molecular weight excluding hydrogens is 336 g/mol. The van der Waals surface area contributed by atoms with Crippen molar-refractivity contribution in [3.05, 3.63) is 69.4 Å². The highest BCUT2D eigenvalue weighted by Crippen LogP contribution is 2.28. The number of nitro benzene ring substituents is 1. The number of hydrogen-bond donors (Lipinski definition) is 0. The van der Waals surface area contributed by atoms with Crippen LogP contribution in [0, 0.1) is 10.1 Å². The average molecular weight is 354 g/mol. The molecule has 0 spiro atoms. The molecule has 0 aliphatic carbocycles. The molecule has 134 valence electrons. The average Bonchev–Trinajstić information content (AvgIpc) is 2.96. The van der Waals surface area contributed by atoms with Gasteiger partial charge in [-0.05, 0) is 35.7 Å². The van der Waals surface area contributed by atoms with Gasteiger partial charge in [0.2, 0.25) is 0 Å². The van der Waals surface area contributed by atoms with Gasteiger partial charge in [0.25, 0.3) is 5.69 Å². The highest BCUT2D eigenvalue weighted by molar-refractivity contribution is 5.93. The minimum Gasteiger partial charge on any atom is -0.496 e. The Balaban J connectivity index is 2.05. The molecule has 0 saturated carbocycles. The zero-order chi connectivity index (χ0) is 18.8. The number of esters is 1. The number of nitrogens with zero attached hydrogens (tertiary/aromatic N) is 2. The molecule has 0 unspecified atom stereocenters. The van der Waals surface area contributed by atoms with E-state index in [9.17, 15) is 14.9 Å². The molecule has 1 aromatic heterocycles. The predicted molar refractivity (Wildman–Crippen MR) is 96.7 cm³/mol. The third-order valence-corrected chi connectivity index (χ3v) is 4.33. The van der Waals surface area contributed by atoms with Crippen LogP contribution in [0.3, 0.4) is 0 Å². The van der Waals surface area contributed by atoms with Gasteiger partial charge in [-0.2, -0.15) is 0 Å². The van der Waals surface area contributed by atoms with Crippen LogP contribution in [0.2, 0.25) is 0 Å². The van der Waals surface area contributed by atoms with Crippen molar-refractivity contribution < 1.29 is 19.2 Å². The van der Waals surface area contributed by atoms with Crippen LogP contribution in [0.15, 0.2) is 42.6 Å². The summed E-state index contributed by atoms with van der Waals surface area (Å²) in [5, 5.41) is 11.9. The second-order valence-corrected chi connectivity index (χ2v) is 5.93. The fourth-order valence-electron chi connectivity index (χ4n) is 3.07. The third-order valence-electron chi connectivity index (χ3n) is 4.33. The normalized spacial score (nSPS) is 10.7. The molecule has 0 saturated heterocycles. The van der Waals surface area contributed by atoms with Crippen LogP contribution in [0.25, 0.3) is 10.9 Å². The summed E-state index contributed by atoms with van der Waals surface area (Å²) >= 11 is 0. The number of rotatable bonds is 5. The van der Waals surface area contributed by atoms with Crippen molar-refractivity contribution in [3.8, 4) is 5.75 Å². The molecule has 0 fully saturated rings. The van der Waals surface area contributed by atoms with E-state index in [1.165, 1.54) is 20.3 Å². The van der Waals surface area contributed by atoms with E-state index in [4.69, 9.17) is 9.47 Å². The van der Waals surface area contributed by atoms with E-state index >= 15 is 0 Å². The van der Waals surface area contributed by atoms with Gasteiger partial charge in [0, 0.05) is 36.3 Å². The number of carbonyl (C=O) groups is 1. The lowest BCUT2D eigenvalue weighted by molar-refractivity contribution is -0.384. The fraction of sp³-hybridized carbons (Fsp3) is 0.211. The van der Waals surface area contributed by atoms with E-state index in [-0.39, 0.29) is 5.69 Å². The molecule has 0 atom stereocenters. The lowest BCUT2D eigenvalue weighted by Crippen LogP contribution is -2.05. The van der Waals surface area contributed by atoms with E-state index < -0.39 is 10.9 Å². The summed E-state index contributed by atoms with van der Waals surface area (Å²) in [4.78, 5) is 22.6. The Labute approximate surface area is 149 Å². The van der Waals surface area contributed by atoms with Crippen LogP contribution in [0.1, 0.15) is 21.5 Å². The molecule has 2 aromatic carbocycles. The van der Waals surface area contributed by atoms with Crippen molar-refractivity contribution in [2.45, 2.75) is 6.42 Å². The minimum absolute atomic E-state index is 0.0509. The molecule has 0 bridgehead atoms. The standard InChI is InChI=1S/C19H18N2O5/c1-20-11-13(15-10-14(21(23)24)5-6-17(15)20)8-12-4-7-18(25-2)16(9-12)19(22)26-3/h4-7,9-11H,8H2,1-3H3. The Kier molecular flexibility index (Phi) is 4.62. The summed E-state index contributed by atoms with van der Waals surface area (Å²) in [5.74, 6) is -0.0357. The largest absolute Gasteiger partial charge is 0.496 e. The molecule has 1 heterocycles. The van der Waals surface area contributed by atoms with Gasteiger partial charge >= 0.3 is 5.97 Å². The maximum atomic E-state index is 12.0. The molecule has 26 heavy (non-hydrogen) atoms. The monoisotopic (exact) mass is 354 g/mol. The summed E-state index contributed by atoms with van der Waals surface area (Å²) in [6.45, 7) is 0. The van der Waals surface area contributed by atoms with Gasteiger partial charge in [-0.3, -0.25) is 10.1 Å². The number of nitro groups is 1. The number of benzene rings is 2. The molecule has 0 aliphatic rings. The van der Waals surface area contributed by atoms with Crippen molar-refractivity contribution in [3.63, 3.8) is 0 Å². The fourth-order valence-corrected chi connectivity index (χ4v) is 3.07. The highest BCUT2D eigenvalue weighted by Gasteiger charge is 2.16. The molecular formula is C19H18N2O5. The SMILES string of the molecule is COC(=O)c1cc(Cc2cn(C)c3ccc([N+](=O)[O-])cc23)ccc1OC. The van der Waals surface area contributed by atoms with E-state index in [0.29, 0.717) is 17.7 Å². The second kappa shape index (κ2) is 6.87. The Hall–Kier alpha value is -3.35. The zero-order valence-corrected chi connectivity index (χ0v) is 14.7. The summed E-state index contributed by atoms with van der Waals surface area (Å²) < 4.78 is 11.9. The summed E-state index contributed by atoms with van der Waals surface area (Å²) in [5.41, 5.74) is 3.12. The zero-order valence-electron chi connectivity index (χ0n) is 14.7. The maximum absolute atomic E-state index is 12.0. The van der Waals surface area contributed by atoms with Crippen LogP contribution in [0.5, 0.6) is 5.75 Å². The molecule has 0 radical (unpaired) electrons. The molecule has 3 rings (SSSR count). The lowest BCUT2D eigenvalue weighted by atomic mass is 10.0. The molecule has 0 amide bonds. The Morgan fingerprint density at radius 1 is 1.19 bits per heavy atom. The molecule has 7 nitrogen and oxygen atoms in total. The molecule has 0 N–H and O–H groups in total. The third kappa shape index (κ3) is 3.11. The number of aryl methyl sites for hydroxylation is 1. The number of fused-ring (bicyclic) bond motifs is 1. The van der Waals surface area contributed by atoms with Gasteiger partial charge in [0.15, 0.2) is 0 Å². The Morgan fingerprint density at radius 3 is 2.62 bits per heavy atom. The summed E-state index contributed by atoms with van der Waals surface area (Å²) in [6.07, 6.45) is 2.46. The van der Waals surface area contributed by atoms with E-state index in [2.05, 4.69) is 0 Å². The van der Waals surface area contributed by atoms with E-state index in [0.717, 1.165) is 22.0 Å². The van der Waals surface area contributed by atoms with Gasteiger partial charge in [-0.1, -0.05) is 6.07 Å². The van der Waals surface area contributed by atoms with Crippen molar-refractivity contribution in [2.24, 2.45) is 7.05 Å². The smallest absolute Gasteiger partial charge is 0.341 e. The predicted octanol–water partition coefficient (Wildman–Crippen LogP) is 3.47. The Bertz CT molecular complexity index is 1010. The first-order chi connectivity index (χ1) is 12.4. The van der Waals surface area contributed by atoms with Gasteiger partial charge in [0.05, 0.1) is 19.1 Å². The van der Waals surface area contributed by atoms with Crippen LogP contribution in [-0.2, 0) is 18.2 Å². The second-order valence-electron chi connectivity index (χ2n) is 5.93. The highest BCUT2D eigenvalue weighted by atomic mass is 16.6. The van der Waals surface area contributed by atoms with Crippen LogP contribution >= 0.6 is 0 Å². The molecule has 7 heteroatoms. The summed E-state index contributed by atoms with van der Waals surface area (Å²) in [7, 11) is 4.70. The molecule has 0 aliphatic heterocycles. The van der Waals surface area contributed by atoms with Gasteiger partial charge in [-0.25, -0.2) is 4.79 Å². The van der Waals surface area contributed by atoms with Crippen LogP contribution < -0.4 is 4.74 Å².